The van der Waals surface area contributed by atoms with Gasteiger partial charge in [0, 0.05) is 32.6 Å². The van der Waals surface area contributed by atoms with Gasteiger partial charge in [-0.1, -0.05) is 78.9 Å². The van der Waals surface area contributed by atoms with E-state index in [0.717, 1.165) is 21.9 Å². The number of carbonyl (C=O) groups excluding carboxylic acids is 2. The number of hydrogen-bond donors (Lipinski definition) is 1. The Labute approximate surface area is 209 Å². The smallest absolute Gasteiger partial charge is 0.246 e. The minimum absolute atomic E-state index is 0.0817. The van der Waals surface area contributed by atoms with Gasteiger partial charge in [0.25, 0.3) is 0 Å². The number of nitrogens with one attached hydrogen (secondary N) is 1. The van der Waals surface area contributed by atoms with Gasteiger partial charge in [0.15, 0.2) is 0 Å². The molecule has 1 atom stereocenters. The van der Waals surface area contributed by atoms with E-state index in [4.69, 9.17) is 0 Å². The van der Waals surface area contributed by atoms with Crippen LogP contribution >= 0.6 is 0 Å². The number of hydrogen-bond acceptors (Lipinski definition) is 3. The normalized spacial score (nSPS) is 12.6. The second-order valence-corrected chi connectivity index (χ2v) is 9.77. The number of benzene rings is 3. The van der Waals surface area contributed by atoms with Crippen LogP contribution in [0.4, 0.5) is 0 Å². The summed E-state index contributed by atoms with van der Waals surface area (Å²) in [4.78, 5) is 30.0. The van der Waals surface area contributed by atoms with E-state index in [9.17, 15) is 9.59 Å². The maximum absolute atomic E-state index is 13.6. The molecule has 0 saturated carbocycles. The first-order valence-corrected chi connectivity index (χ1v) is 12.1. The van der Waals surface area contributed by atoms with E-state index in [-0.39, 0.29) is 17.4 Å². The van der Waals surface area contributed by atoms with Gasteiger partial charge >= 0.3 is 0 Å². The molecular formula is C30H37N3O2. The van der Waals surface area contributed by atoms with Gasteiger partial charge in [0.1, 0.15) is 6.04 Å². The van der Waals surface area contributed by atoms with Crippen LogP contribution < -0.4 is 5.32 Å². The summed E-state index contributed by atoms with van der Waals surface area (Å²) in [5, 5.41) is 5.51. The topological polar surface area (TPSA) is 52.7 Å². The van der Waals surface area contributed by atoms with Crippen LogP contribution in [0.3, 0.4) is 0 Å². The van der Waals surface area contributed by atoms with E-state index in [2.05, 4.69) is 43.4 Å². The minimum atomic E-state index is -0.612. The van der Waals surface area contributed by atoms with Crippen molar-refractivity contribution in [2.45, 2.75) is 44.8 Å². The van der Waals surface area contributed by atoms with E-state index >= 15 is 0 Å². The summed E-state index contributed by atoms with van der Waals surface area (Å²) >= 11 is 0. The molecule has 0 aromatic heterocycles. The van der Waals surface area contributed by atoms with E-state index in [1.165, 1.54) is 0 Å². The maximum atomic E-state index is 13.6. The third-order valence-corrected chi connectivity index (χ3v) is 6.55. The van der Waals surface area contributed by atoms with E-state index < -0.39 is 6.04 Å². The molecule has 0 fully saturated rings. The Kier molecular flexibility index (Phi) is 8.83. The Hall–Kier alpha value is -3.44. The third kappa shape index (κ3) is 7.27. The summed E-state index contributed by atoms with van der Waals surface area (Å²) in [6.07, 6.45) is 4.61. The molecule has 0 radical (unpaired) electrons. The monoisotopic (exact) mass is 471 g/mol. The summed E-state index contributed by atoms with van der Waals surface area (Å²) in [5.41, 5.74) is 1.97. The van der Waals surface area contributed by atoms with Gasteiger partial charge in [-0.2, -0.15) is 0 Å². The van der Waals surface area contributed by atoms with Crippen LogP contribution in [0.1, 0.15) is 31.4 Å². The first-order chi connectivity index (χ1) is 16.7. The fourth-order valence-electron chi connectivity index (χ4n) is 4.00. The van der Waals surface area contributed by atoms with Crippen LogP contribution in [0.25, 0.3) is 10.8 Å². The summed E-state index contributed by atoms with van der Waals surface area (Å²) in [5.74, 6) is -0.258. The molecule has 0 aliphatic rings. The average molecular weight is 472 g/mol. The van der Waals surface area contributed by atoms with Crippen molar-refractivity contribution >= 4 is 22.6 Å². The van der Waals surface area contributed by atoms with Crippen LogP contribution in [-0.2, 0) is 22.6 Å². The second-order valence-electron chi connectivity index (χ2n) is 9.77. The van der Waals surface area contributed by atoms with Crippen LogP contribution in [0, 0.1) is 0 Å². The standard InChI is InChI=1S/C30H37N3O2/c1-30(2,31-3)19-11-16-28(34)33(5)27(29(35)32(4)22-23-12-7-6-8-13-23)21-24-17-18-25-14-9-10-15-26(25)20-24/h6-18,20,27,31H,19,21-22H2,1-5H3/b16-11+. The number of rotatable bonds is 10. The van der Waals surface area contributed by atoms with E-state index in [0.29, 0.717) is 19.4 Å². The summed E-state index contributed by atoms with van der Waals surface area (Å²) in [6.45, 7) is 4.65. The van der Waals surface area contributed by atoms with E-state index in [1.54, 1.807) is 30.0 Å². The molecule has 35 heavy (non-hydrogen) atoms. The molecule has 5 nitrogen and oxygen atoms in total. The predicted molar refractivity (Wildman–Crippen MR) is 144 cm³/mol. The zero-order chi connectivity index (χ0) is 25.4. The Balaban J connectivity index is 1.83. The predicted octanol–water partition coefficient (Wildman–Crippen LogP) is 4.81. The molecule has 184 valence electrons. The molecule has 0 aliphatic heterocycles. The third-order valence-electron chi connectivity index (χ3n) is 6.55. The van der Waals surface area contributed by atoms with E-state index in [1.807, 2.05) is 61.7 Å². The highest BCUT2D eigenvalue weighted by Gasteiger charge is 2.29. The summed E-state index contributed by atoms with van der Waals surface area (Å²) in [6, 6.07) is 23.7. The highest BCUT2D eigenvalue weighted by atomic mass is 16.2. The van der Waals surface area contributed by atoms with Crippen molar-refractivity contribution < 1.29 is 9.59 Å². The molecule has 0 heterocycles. The molecule has 5 heteroatoms. The lowest BCUT2D eigenvalue weighted by atomic mass is 9.99. The molecule has 0 bridgehead atoms. The number of amides is 2. The summed E-state index contributed by atoms with van der Waals surface area (Å²) in [7, 11) is 5.42. The molecule has 1 unspecified atom stereocenters. The number of likely N-dealkylation sites (N-methyl/N-ethyl adjacent to an activating group) is 2. The number of carbonyl (C=O) groups is 2. The van der Waals surface area contributed by atoms with Crippen molar-refractivity contribution in [1.82, 2.24) is 15.1 Å². The van der Waals surface area contributed by atoms with Gasteiger partial charge in [-0.15, -0.1) is 0 Å². The van der Waals surface area contributed by atoms with Gasteiger partial charge in [0.2, 0.25) is 11.8 Å². The van der Waals surface area contributed by atoms with Crippen molar-refractivity contribution in [2.24, 2.45) is 0 Å². The molecule has 0 spiro atoms. The fourth-order valence-corrected chi connectivity index (χ4v) is 4.00. The molecule has 3 aromatic rings. The Morgan fingerprint density at radius 1 is 0.914 bits per heavy atom. The van der Waals surface area contributed by atoms with Crippen molar-refractivity contribution in [1.29, 1.82) is 0 Å². The van der Waals surface area contributed by atoms with Gasteiger partial charge in [-0.05, 0) is 55.3 Å². The summed E-state index contributed by atoms with van der Waals surface area (Å²) < 4.78 is 0. The highest BCUT2D eigenvalue weighted by Crippen LogP contribution is 2.19. The molecule has 0 aliphatic carbocycles. The molecular weight excluding hydrogens is 434 g/mol. The SMILES string of the molecule is CNC(C)(C)C/C=C/C(=O)N(C)C(Cc1ccc2ccccc2c1)C(=O)N(C)Cc1ccccc1. The first-order valence-electron chi connectivity index (χ1n) is 12.1. The Morgan fingerprint density at radius 2 is 1.57 bits per heavy atom. The maximum Gasteiger partial charge on any atom is 0.246 e. The van der Waals surface area contributed by atoms with Crippen LogP contribution in [-0.4, -0.2) is 54.3 Å². The average Bonchev–Trinajstić information content (AvgIpc) is 2.86. The Bertz CT molecular complexity index is 1170. The zero-order valence-electron chi connectivity index (χ0n) is 21.5. The van der Waals surface area contributed by atoms with Gasteiger partial charge in [0.05, 0.1) is 0 Å². The highest BCUT2D eigenvalue weighted by molar-refractivity contribution is 5.93. The number of nitrogens with zero attached hydrogens (tertiary/aromatic N) is 2. The van der Waals surface area contributed by atoms with Crippen LogP contribution in [0.2, 0.25) is 0 Å². The van der Waals surface area contributed by atoms with Crippen LogP contribution in [0.15, 0.2) is 84.9 Å². The van der Waals surface area contributed by atoms with Gasteiger partial charge in [-0.3, -0.25) is 9.59 Å². The van der Waals surface area contributed by atoms with Crippen LogP contribution in [0.5, 0.6) is 0 Å². The van der Waals surface area contributed by atoms with Crippen molar-refractivity contribution in [2.75, 3.05) is 21.1 Å². The fraction of sp³-hybridized carbons (Fsp3) is 0.333. The molecule has 2 amide bonds. The minimum Gasteiger partial charge on any atom is -0.340 e. The van der Waals surface area contributed by atoms with Gasteiger partial charge in [-0.25, -0.2) is 0 Å². The molecule has 3 rings (SSSR count). The molecule has 3 aromatic carbocycles. The van der Waals surface area contributed by atoms with Crippen molar-refractivity contribution in [3.8, 4) is 0 Å². The molecule has 1 N–H and O–H groups in total. The lowest BCUT2D eigenvalue weighted by Crippen LogP contribution is -2.49. The second kappa shape index (κ2) is 11.8. The van der Waals surface area contributed by atoms with Crippen molar-refractivity contribution in [3.05, 3.63) is 96.1 Å². The zero-order valence-corrected chi connectivity index (χ0v) is 21.5. The molecule has 0 saturated heterocycles. The lowest BCUT2D eigenvalue weighted by Gasteiger charge is -2.31. The van der Waals surface area contributed by atoms with Gasteiger partial charge < -0.3 is 15.1 Å². The lowest BCUT2D eigenvalue weighted by molar-refractivity contribution is -0.141. The van der Waals surface area contributed by atoms with Crippen molar-refractivity contribution in [3.63, 3.8) is 0 Å². The first kappa shape index (κ1) is 26.2. The quantitative estimate of drug-likeness (QED) is 0.432. The number of fused-ring (bicyclic) bond motifs is 1. The largest absolute Gasteiger partial charge is 0.340 e. The Morgan fingerprint density at radius 3 is 2.26 bits per heavy atom.